The lowest BCUT2D eigenvalue weighted by molar-refractivity contribution is -0.128. The van der Waals surface area contributed by atoms with Crippen molar-refractivity contribution in [3.8, 4) is 0 Å². The molecule has 2 rings (SSSR count). The summed E-state index contributed by atoms with van der Waals surface area (Å²) in [6, 6.07) is 3.57. The maximum Gasteiger partial charge on any atom is 0.270 e. The summed E-state index contributed by atoms with van der Waals surface area (Å²) in [5.74, 6) is -1.56. The van der Waals surface area contributed by atoms with Gasteiger partial charge in [-0.25, -0.2) is 8.60 Å². The summed E-state index contributed by atoms with van der Waals surface area (Å²) >= 11 is -1.57. The minimum atomic E-state index is -2.41. The molecule has 9 nitrogen and oxygen atoms in total. The molecule has 26 heavy (non-hydrogen) atoms. The van der Waals surface area contributed by atoms with E-state index in [4.69, 9.17) is 15.4 Å². The number of nitrogens with zero attached hydrogens (tertiary/aromatic N) is 2. The van der Waals surface area contributed by atoms with E-state index < -0.39 is 23.0 Å². The third kappa shape index (κ3) is 4.94. The van der Waals surface area contributed by atoms with Gasteiger partial charge in [0.25, 0.3) is 23.1 Å². The highest BCUT2D eigenvalue weighted by Gasteiger charge is 2.26. The first-order valence-corrected chi connectivity index (χ1v) is 9.45. The molecule has 0 spiro atoms. The molecule has 6 N–H and O–H groups in total. The van der Waals surface area contributed by atoms with Gasteiger partial charge in [0.05, 0.1) is 5.69 Å². The number of hydrogen-bond donors (Lipinski definition) is 4. The summed E-state index contributed by atoms with van der Waals surface area (Å²) in [6.45, 7) is 1.13. The Bertz CT molecular complexity index is 753. The van der Waals surface area contributed by atoms with Crippen LogP contribution in [0.1, 0.15) is 10.4 Å². The molecule has 142 valence electrons. The Morgan fingerprint density at radius 3 is 2.42 bits per heavy atom. The molecular weight excluding hydrogens is 385 g/mol. The van der Waals surface area contributed by atoms with Crippen LogP contribution < -0.4 is 15.6 Å². The van der Waals surface area contributed by atoms with Gasteiger partial charge in [0, 0.05) is 37.2 Å². The van der Waals surface area contributed by atoms with Crippen LogP contribution in [-0.4, -0.2) is 56.6 Å². The van der Waals surface area contributed by atoms with E-state index in [9.17, 15) is 18.2 Å². The molecule has 1 unspecified atom stereocenters. The Hall–Kier alpha value is -2.15. The number of nitrogens with two attached hydrogens (primary N) is 2. The lowest BCUT2D eigenvalue weighted by Gasteiger charge is -2.34. The second-order valence-corrected chi connectivity index (χ2v) is 6.55. The maximum absolute atomic E-state index is 13.9. The van der Waals surface area contributed by atoms with Gasteiger partial charge in [-0.1, -0.05) is 11.9 Å². The summed E-state index contributed by atoms with van der Waals surface area (Å²) in [4.78, 5) is 27.5. The number of halogens is 1. The van der Waals surface area contributed by atoms with E-state index in [2.05, 4.69) is 0 Å². The van der Waals surface area contributed by atoms with Crippen LogP contribution >= 0.6 is 11.9 Å². The molecule has 0 aromatic heterocycles. The van der Waals surface area contributed by atoms with Crippen LogP contribution in [0, 0.1) is 5.82 Å². The second kappa shape index (κ2) is 8.98. The van der Waals surface area contributed by atoms with Gasteiger partial charge in [-0.3, -0.25) is 24.0 Å². The quantitative estimate of drug-likeness (QED) is 0.309. The van der Waals surface area contributed by atoms with E-state index in [1.807, 2.05) is 4.72 Å². The van der Waals surface area contributed by atoms with Crippen molar-refractivity contribution in [1.29, 1.82) is 0 Å². The molecule has 1 atom stereocenters. The molecule has 0 aliphatic carbocycles. The number of amides is 2. The minimum Gasteiger partial charge on any atom is -0.394 e. The van der Waals surface area contributed by atoms with E-state index in [1.54, 1.807) is 0 Å². The van der Waals surface area contributed by atoms with Gasteiger partial charge in [-0.15, -0.1) is 0 Å². The minimum absolute atomic E-state index is 0.0312. The molecule has 12 heteroatoms. The van der Waals surface area contributed by atoms with Crippen molar-refractivity contribution in [2.45, 2.75) is 0 Å². The first kappa shape index (κ1) is 20.2. The zero-order valence-corrected chi connectivity index (χ0v) is 15.2. The van der Waals surface area contributed by atoms with Crippen LogP contribution in [0.2, 0.25) is 0 Å². The van der Waals surface area contributed by atoms with Gasteiger partial charge < -0.3 is 15.5 Å². The Kier molecular flexibility index (Phi) is 6.97. The smallest absolute Gasteiger partial charge is 0.270 e. The molecule has 2 amide bonds. The fourth-order valence-corrected chi connectivity index (χ4v) is 3.03. The third-order valence-corrected chi connectivity index (χ3v) is 4.49. The molecule has 1 saturated heterocycles. The summed E-state index contributed by atoms with van der Waals surface area (Å²) in [6.07, 6.45) is 0. The summed E-state index contributed by atoms with van der Waals surface area (Å²) in [5.41, 5.74) is 5.57. The topological polar surface area (TPSA) is 142 Å². The maximum atomic E-state index is 13.9. The first-order chi connectivity index (χ1) is 12.3. The van der Waals surface area contributed by atoms with Gasteiger partial charge in [0.15, 0.2) is 0 Å². The number of benzene rings is 1. The van der Waals surface area contributed by atoms with Crippen molar-refractivity contribution < 1.29 is 22.7 Å². The van der Waals surface area contributed by atoms with E-state index >= 15 is 0 Å². The highest BCUT2D eigenvalue weighted by atomic mass is 32.2. The van der Waals surface area contributed by atoms with Crippen LogP contribution in [0.15, 0.2) is 29.3 Å². The molecule has 0 saturated carbocycles. The molecule has 1 aromatic carbocycles. The molecule has 1 aliphatic rings. The van der Waals surface area contributed by atoms with Crippen LogP contribution in [0.3, 0.4) is 0 Å². The van der Waals surface area contributed by atoms with Crippen molar-refractivity contribution >= 4 is 40.7 Å². The molecule has 1 aliphatic heterocycles. The second-order valence-electron chi connectivity index (χ2n) is 5.34. The van der Waals surface area contributed by atoms with Crippen LogP contribution in [0.25, 0.3) is 0 Å². The van der Waals surface area contributed by atoms with Gasteiger partial charge >= 0.3 is 0 Å². The number of rotatable bonds is 5. The summed E-state index contributed by atoms with van der Waals surface area (Å²) < 4.78 is 35.3. The fourth-order valence-electron chi connectivity index (χ4n) is 2.43. The van der Waals surface area contributed by atoms with Crippen molar-refractivity contribution in [1.82, 2.24) is 9.80 Å². The average molecular weight is 403 g/mol. The Morgan fingerprint density at radius 2 is 1.88 bits per heavy atom. The molecule has 1 aromatic rings. The lowest BCUT2D eigenvalue weighted by Crippen LogP contribution is -2.51. The number of carbonyl (C=O) groups excluding carboxylic acids is 2. The Morgan fingerprint density at radius 1 is 1.27 bits per heavy atom. The summed E-state index contributed by atoms with van der Waals surface area (Å²) in [7, 11) is 0. The Labute approximate surface area is 156 Å². The number of anilines is 1. The predicted molar refractivity (Wildman–Crippen MR) is 97.3 cm³/mol. The lowest BCUT2D eigenvalue weighted by atomic mass is 10.1. The van der Waals surface area contributed by atoms with Crippen LogP contribution in [-0.2, 0) is 16.1 Å². The zero-order valence-electron chi connectivity index (χ0n) is 13.6. The van der Waals surface area contributed by atoms with Gasteiger partial charge in [0.2, 0.25) is 0 Å². The van der Waals surface area contributed by atoms with Gasteiger partial charge in [-0.2, -0.15) is 0 Å². The normalized spacial score (nSPS) is 16.3. The number of piperazine rings is 1. The largest absolute Gasteiger partial charge is 0.394 e. The average Bonchev–Trinajstić information content (AvgIpc) is 2.62. The third-order valence-electron chi connectivity index (χ3n) is 3.71. The van der Waals surface area contributed by atoms with Crippen LogP contribution in [0.4, 0.5) is 10.1 Å². The Balaban J connectivity index is 2.00. The number of nitrogens with one attached hydrogen (secondary N) is 1. The van der Waals surface area contributed by atoms with Gasteiger partial charge in [0.1, 0.15) is 11.5 Å². The zero-order chi connectivity index (χ0) is 19.3. The van der Waals surface area contributed by atoms with Crippen molar-refractivity contribution in [2.75, 3.05) is 30.9 Å². The van der Waals surface area contributed by atoms with Crippen molar-refractivity contribution in [2.24, 2.45) is 10.9 Å². The number of carbonyl (C=O) groups is 2. The molecular formula is C14H18FN5O4S2. The molecule has 1 heterocycles. The fraction of sp³-hybridized carbons (Fsp3) is 0.286. The number of hydrogen-bond acceptors (Lipinski definition) is 6. The molecule has 0 bridgehead atoms. The monoisotopic (exact) mass is 403 g/mol. The van der Waals surface area contributed by atoms with E-state index in [-0.39, 0.29) is 35.9 Å². The first-order valence-electron chi connectivity index (χ1n) is 7.40. The SMILES string of the molecule is NS/C=C(\N)C(=O)N1CCN(C(=O)c2ccc(NS(=O)O)c(F)c2)CC1. The predicted octanol–water partition coefficient (Wildman–Crippen LogP) is 0.0657. The standard InChI is InChI=1S/C14H18FN5O4S2/c15-10-7-9(1-2-12(10)18-26(23)24)13(21)19-3-5-20(6-4-19)14(22)11(16)8-25-17/h1-2,7-8,18H,3-6,16-17H2,(H,23,24)/b11-8-. The van der Waals surface area contributed by atoms with E-state index in [0.717, 1.165) is 18.0 Å². The van der Waals surface area contributed by atoms with Crippen molar-refractivity contribution in [3.05, 3.63) is 40.7 Å². The van der Waals surface area contributed by atoms with E-state index in [1.165, 1.54) is 27.3 Å². The molecule has 1 fully saturated rings. The van der Waals surface area contributed by atoms with Crippen molar-refractivity contribution in [3.63, 3.8) is 0 Å². The van der Waals surface area contributed by atoms with Gasteiger partial charge in [-0.05, 0) is 18.2 Å². The van der Waals surface area contributed by atoms with Crippen LogP contribution in [0.5, 0.6) is 0 Å². The summed E-state index contributed by atoms with van der Waals surface area (Å²) in [5, 5.41) is 6.59. The highest BCUT2D eigenvalue weighted by molar-refractivity contribution is 8.00. The molecule has 0 radical (unpaired) electrons. The highest BCUT2D eigenvalue weighted by Crippen LogP contribution is 2.18. The van der Waals surface area contributed by atoms with E-state index in [0.29, 0.717) is 13.1 Å².